The van der Waals surface area contributed by atoms with E-state index < -0.39 is 23.7 Å². The zero-order valence-electron chi connectivity index (χ0n) is 9.60. The van der Waals surface area contributed by atoms with Crippen molar-refractivity contribution in [3.63, 3.8) is 0 Å². The Morgan fingerprint density at radius 3 is 2.72 bits per heavy atom. The molecule has 1 aliphatic carbocycles. The van der Waals surface area contributed by atoms with Gasteiger partial charge in [0.15, 0.2) is 0 Å². The van der Waals surface area contributed by atoms with Crippen LogP contribution in [0.25, 0.3) is 0 Å². The van der Waals surface area contributed by atoms with Gasteiger partial charge in [-0.15, -0.1) is 0 Å². The van der Waals surface area contributed by atoms with Gasteiger partial charge in [0.2, 0.25) is 0 Å². The summed E-state index contributed by atoms with van der Waals surface area (Å²) in [5, 5.41) is 11.4. The SMILES string of the molecule is O=C(NC(CC1CC1)C(=O)O)c1ccc(F)cn1. The molecular formula is C12H13FN2O3. The van der Waals surface area contributed by atoms with Gasteiger partial charge < -0.3 is 10.4 Å². The zero-order valence-corrected chi connectivity index (χ0v) is 9.60. The lowest BCUT2D eigenvalue weighted by atomic mass is 10.1. The number of carboxylic acids is 1. The van der Waals surface area contributed by atoms with E-state index in [1.54, 1.807) is 0 Å². The summed E-state index contributed by atoms with van der Waals surface area (Å²) in [5.74, 6) is -1.81. The first kappa shape index (κ1) is 12.5. The standard InChI is InChI=1S/C12H13FN2O3/c13-8-3-4-9(14-6-8)11(16)15-10(12(17)18)5-7-1-2-7/h3-4,6-7,10H,1-2,5H2,(H,15,16)(H,17,18). The van der Waals surface area contributed by atoms with Gasteiger partial charge in [-0.05, 0) is 24.5 Å². The van der Waals surface area contributed by atoms with E-state index >= 15 is 0 Å². The number of carbonyl (C=O) groups is 2. The molecule has 1 amide bonds. The van der Waals surface area contributed by atoms with E-state index in [9.17, 15) is 14.0 Å². The summed E-state index contributed by atoms with van der Waals surface area (Å²) in [5.41, 5.74) is 0.0125. The lowest BCUT2D eigenvalue weighted by Gasteiger charge is -2.13. The van der Waals surface area contributed by atoms with Crippen molar-refractivity contribution in [2.45, 2.75) is 25.3 Å². The maximum absolute atomic E-state index is 12.6. The fraction of sp³-hybridized carbons (Fsp3) is 0.417. The minimum absolute atomic E-state index is 0.0125. The van der Waals surface area contributed by atoms with Gasteiger partial charge in [0.25, 0.3) is 5.91 Å². The number of nitrogens with zero attached hydrogens (tertiary/aromatic N) is 1. The van der Waals surface area contributed by atoms with E-state index in [4.69, 9.17) is 5.11 Å². The molecule has 1 atom stereocenters. The Morgan fingerprint density at radius 1 is 1.50 bits per heavy atom. The maximum atomic E-state index is 12.6. The average molecular weight is 252 g/mol. The van der Waals surface area contributed by atoms with Crippen LogP contribution in [-0.4, -0.2) is 28.0 Å². The highest BCUT2D eigenvalue weighted by molar-refractivity contribution is 5.94. The van der Waals surface area contributed by atoms with Crippen molar-refractivity contribution in [3.05, 3.63) is 29.8 Å². The van der Waals surface area contributed by atoms with Crippen LogP contribution in [0.5, 0.6) is 0 Å². The molecule has 6 heteroatoms. The lowest BCUT2D eigenvalue weighted by molar-refractivity contribution is -0.139. The molecule has 0 aliphatic heterocycles. The Kier molecular flexibility index (Phi) is 3.55. The van der Waals surface area contributed by atoms with E-state index in [1.807, 2.05) is 0 Å². The topological polar surface area (TPSA) is 79.3 Å². The third kappa shape index (κ3) is 3.26. The lowest BCUT2D eigenvalue weighted by Crippen LogP contribution is -2.41. The number of hydrogen-bond acceptors (Lipinski definition) is 3. The molecule has 0 aromatic carbocycles. The van der Waals surface area contributed by atoms with Crippen LogP contribution in [0.4, 0.5) is 4.39 Å². The summed E-state index contributed by atoms with van der Waals surface area (Å²) >= 11 is 0. The number of pyridine rings is 1. The number of aliphatic carboxylic acids is 1. The number of nitrogens with one attached hydrogen (secondary N) is 1. The summed E-state index contributed by atoms with van der Waals surface area (Å²) in [6.45, 7) is 0. The molecule has 0 spiro atoms. The van der Waals surface area contributed by atoms with Crippen LogP contribution in [0.2, 0.25) is 0 Å². The van der Waals surface area contributed by atoms with Crippen LogP contribution in [0, 0.1) is 11.7 Å². The Bertz CT molecular complexity index is 457. The van der Waals surface area contributed by atoms with E-state index in [0.29, 0.717) is 12.3 Å². The molecule has 1 heterocycles. The first-order chi connectivity index (χ1) is 8.56. The molecule has 18 heavy (non-hydrogen) atoms. The van der Waals surface area contributed by atoms with Crippen LogP contribution in [0.1, 0.15) is 29.8 Å². The van der Waals surface area contributed by atoms with Gasteiger partial charge in [-0.3, -0.25) is 4.79 Å². The smallest absolute Gasteiger partial charge is 0.326 e. The number of carboxylic acid groups (broad SMARTS) is 1. The molecule has 2 N–H and O–H groups in total. The maximum Gasteiger partial charge on any atom is 0.326 e. The summed E-state index contributed by atoms with van der Waals surface area (Å²) in [4.78, 5) is 26.3. The van der Waals surface area contributed by atoms with E-state index in [2.05, 4.69) is 10.3 Å². The Balaban J connectivity index is 1.99. The van der Waals surface area contributed by atoms with Gasteiger partial charge >= 0.3 is 5.97 Å². The highest BCUT2D eigenvalue weighted by Crippen LogP contribution is 2.33. The third-order valence-electron chi connectivity index (χ3n) is 2.83. The van der Waals surface area contributed by atoms with Crippen molar-refractivity contribution in [1.29, 1.82) is 0 Å². The number of aromatic nitrogens is 1. The number of hydrogen-bond donors (Lipinski definition) is 2. The molecule has 0 saturated heterocycles. The molecule has 1 aliphatic rings. The third-order valence-corrected chi connectivity index (χ3v) is 2.83. The predicted octanol–water partition coefficient (Wildman–Crippen LogP) is 1.20. The normalized spacial score (nSPS) is 16.1. The second kappa shape index (κ2) is 5.12. The number of rotatable bonds is 5. The van der Waals surface area contributed by atoms with Crippen LogP contribution in [0.15, 0.2) is 18.3 Å². The number of carbonyl (C=O) groups excluding carboxylic acids is 1. The highest BCUT2D eigenvalue weighted by atomic mass is 19.1. The fourth-order valence-corrected chi connectivity index (χ4v) is 1.65. The molecule has 0 bridgehead atoms. The predicted molar refractivity (Wildman–Crippen MR) is 60.4 cm³/mol. The van der Waals surface area contributed by atoms with Crippen molar-refractivity contribution in [3.8, 4) is 0 Å². The summed E-state index contributed by atoms with van der Waals surface area (Å²) < 4.78 is 12.6. The van der Waals surface area contributed by atoms with Crippen molar-refractivity contribution in [2.24, 2.45) is 5.92 Å². The molecule has 96 valence electrons. The molecule has 2 rings (SSSR count). The van der Waals surface area contributed by atoms with Crippen molar-refractivity contribution < 1.29 is 19.1 Å². The zero-order chi connectivity index (χ0) is 13.1. The minimum atomic E-state index is -1.06. The number of halogens is 1. The minimum Gasteiger partial charge on any atom is -0.480 e. The monoisotopic (exact) mass is 252 g/mol. The van der Waals surface area contributed by atoms with Gasteiger partial charge in [0.05, 0.1) is 6.20 Å². The summed E-state index contributed by atoms with van der Waals surface area (Å²) in [6, 6.07) is 1.43. The van der Waals surface area contributed by atoms with Gasteiger partial charge in [-0.1, -0.05) is 12.8 Å². The van der Waals surface area contributed by atoms with Gasteiger partial charge in [-0.25, -0.2) is 14.2 Å². The van der Waals surface area contributed by atoms with E-state index in [0.717, 1.165) is 25.1 Å². The molecule has 1 aromatic heterocycles. The van der Waals surface area contributed by atoms with Gasteiger partial charge in [0, 0.05) is 0 Å². The molecule has 1 fully saturated rings. The molecule has 5 nitrogen and oxygen atoms in total. The van der Waals surface area contributed by atoms with Crippen LogP contribution < -0.4 is 5.32 Å². The Labute approximate surface area is 103 Å². The summed E-state index contributed by atoms with van der Waals surface area (Å²) in [7, 11) is 0. The first-order valence-electron chi connectivity index (χ1n) is 5.71. The molecule has 1 aromatic rings. The van der Waals surface area contributed by atoms with Crippen molar-refractivity contribution in [2.75, 3.05) is 0 Å². The fourth-order valence-electron chi connectivity index (χ4n) is 1.65. The van der Waals surface area contributed by atoms with Gasteiger partial charge in [0.1, 0.15) is 17.6 Å². The Hall–Kier alpha value is -1.98. The molecule has 1 saturated carbocycles. The van der Waals surface area contributed by atoms with Gasteiger partial charge in [-0.2, -0.15) is 0 Å². The van der Waals surface area contributed by atoms with Crippen molar-refractivity contribution in [1.82, 2.24) is 10.3 Å². The molecular weight excluding hydrogens is 239 g/mol. The quantitative estimate of drug-likeness (QED) is 0.825. The van der Waals surface area contributed by atoms with E-state index in [-0.39, 0.29) is 5.69 Å². The average Bonchev–Trinajstić information content (AvgIpc) is 3.12. The highest BCUT2D eigenvalue weighted by Gasteiger charge is 2.30. The largest absolute Gasteiger partial charge is 0.480 e. The molecule has 0 radical (unpaired) electrons. The number of amides is 1. The second-order valence-corrected chi connectivity index (χ2v) is 4.41. The van der Waals surface area contributed by atoms with E-state index in [1.165, 1.54) is 6.07 Å². The van der Waals surface area contributed by atoms with Crippen molar-refractivity contribution >= 4 is 11.9 Å². The molecule has 1 unspecified atom stereocenters. The van der Waals surface area contributed by atoms with Crippen LogP contribution in [0.3, 0.4) is 0 Å². The first-order valence-corrected chi connectivity index (χ1v) is 5.71. The van der Waals surface area contributed by atoms with Crippen LogP contribution in [-0.2, 0) is 4.79 Å². The second-order valence-electron chi connectivity index (χ2n) is 4.41. The summed E-state index contributed by atoms with van der Waals surface area (Å²) in [6.07, 6.45) is 3.37. The van der Waals surface area contributed by atoms with Crippen LogP contribution >= 0.6 is 0 Å². The Morgan fingerprint density at radius 2 is 2.22 bits per heavy atom.